The van der Waals surface area contributed by atoms with Crippen molar-refractivity contribution >= 4 is 18.3 Å². The van der Waals surface area contributed by atoms with Gasteiger partial charge in [0.05, 0.1) is 19.8 Å². The molecule has 3 N–H and O–H groups in total. The summed E-state index contributed by atoms with van der Waals surface area (Å²) in [7, 11) is 1.62. The van der Waals surface area contributed by atoms with E-state index in [1.54, 1.807) is 7.11 Å². The van der Waals surface area contributed by atoms with Crippen LogP contribution in [0, 0.1) is 5.92 Å². The Labute approximate surface area is 145 Å². The topological polar surface area (TPSA) is 73.6 Å². The highest BCUT2D eigenvalue weighted by Crippen LogP contribution is 2.30. The zero-order valence-corrected chi connectivity index (χ0v) is 15.2. The fraction of sp³-hybridized carbons (Fsp3) is 0.588. The summed E-state index contributed by atoms with van der Waals surface area (Å²) in [5, 5.41) is 2.91. The van der Waals surface area contributed by atoms with E-state index >= 15 is 0 Å². The van der Waals surface area contributed by atoms with Crippen LogP contribution in [0.3, 0.4) is 0 Å². The molecule has 0 aliphatic heterocycles. The molecule has 0 heterocycles. The van der Waals surface area contributed by atoms with Crippen LogP contribution in [0.5, 0.6) is 11.5 Å². The van der Waals surface area contributed by atoms with Gasteiger partial charge in [0.15, 0.2) is 11.5 Å². The van der Waals surface area contributed by atoms with Gasteiger partial charge in [0.1, 0.15) is 0 Å². The van der Waals surface area contributed by atoms with Crippen molar-refractivity contribution in [3.05, 3.63) is 23.8 Å². The molecule has 5 nitrogen and oxygen atoms in total. The molecule has 1 unspecified atom stereocenters. The molecule has 0 aliphatic carbocycles. The quantitative estimate of drug-likeness (QED) is 0.722. The summed E-state index contributed by atoms with van der Waals surface area (Å²) in [6.07, 6.45) is 1.33. The van der Waals surface area contributed by atoms with Crippen LogP contribution < -0.4 is 20.5 Å². The lowest BCUT2D eigenvalue weighted by molar-refractivity contribution is -0.121. The molecule has 132 valence electrons. The summed E-state index contributed by atoms with van der Waals surface area (Å²) < 4.78 is 11.2. The van der Waals surface area contributed by atoms with Crippen molar-refractivity contribution in [2.45, 2.75) is 39.7 Å². The zero-order valence-electron chi connectivity index (χ0n) is 14.4. The van der Waals surface area contributed by atoms with Gasteiger partial charge in [0.2, 0.25) is 5.91 Å². The highest BCUT2D eigenvalue weighted by molar-refractivity contribution is 5.85. The summed E-state index contributed by atoms with van der Waals surface area (Å²) in [4.78, 5) is 11.6. The number of rotatable bonds is 9. The van der Waals surface area contributed by atoms with Gasteiger partial charge in [0.25, 0.3) is 0 Å². The van der Waals surface area contributed by atoms with Crippen LogP contribution in [0.15, 0.2) is 18.2 Å². The average Bonchev–Trinajstić information content (AvgIpc) is 2.47. The summed E-state index contributed by atoms with van der Waals surface area (Å²) in [6, 6.07) is 5.64. The number of nitrogens with one attached hydrogen (secondary N) is 1. The Bertz CT molecular complexity index is 481. The van der Waals surface area contributed by atoms with E-state index in [1.165, 1.54) is 0 Å². The van der Waals surface area contributed by atoms with E-state index in [0.29, 0.717) is 31.2 Å². The zero-order chi connectivity index (χ0) is 16.5. The van der Waals surface area contributed by atoms with Crippen LogP contribution in [0.1, 0.15) is 45.2 Å². The standard InChI is InChI=1S/C17H28N2O3.ClH/c1-12(2)8-10-22-15-6-5-14(11-16(15)21-4)13(3)19-17(20)7-9-18;/h5-6,11-13H,7-10,18H2,1-4H3,(H,19,20);1H. The Hall–Kier alpha value is -1.46. The smallest absolute Gasteiger partial charge is 0.221 e. The Morgan fingerprint density at radius 3 is 2.52 bits per heavy atom. The van der Waals surface area contributed by atoms with E-state index in [1.807, 2.05) is 25.1 Å². The number of carbonyl (C=O) groups excluding carboxylic acids is 1. The summed E-state index contributed by atoms with van der Waals surface area (Å²) in [6.45, 7) is 7.27. The van der Waals surface area contributed by atoms with Crippen molar-refractivity contribution in [2.75, 3.05) is 20.3 Å². The second-order valence-corrected chi connectivity index (χ2v) is 5.77. The maximum Gasteiger partial charge on any atom is 0.221 e. The Kier molecular flexibility index (Phi) is 10.4. The molecule has 0 saturated carbocycles. The number of methoxy groups -OCH3 is 1. The molecule has 6 heteroatoms. The second kappa shape index (κ2) is 11.1. The maximum absolute atomic E-state index is 11.6. The first kappa shape index (κ1) is 21.5. The molecule has 0 aromatic heterocycles. The molecule has 0 radical (unpaired) electrons. The number of carbonyl (C=O) groups is 1. The van der Waals surface area contributed by atoms with Crippen molar-refractivity contribution in [2.24, 2.45) is 11.7 Å². The molecule has 1 amide bonds. The van der Waals surface area contributed by atoms with Crippen LogP contribution >= 0.6 is 12.4 Å². The third kappa shape index (κ3) is 7.57. The SMILES string of the molecule is COc1cc(C(C)NC(=O)CCN)ccc1OCCC(C)C.Cl. The first-order valence-corrected chi connectivity index (χ1v) is 7.78. The Morgan fingerprint density at radius 1 is 1.26 bits per heavy atom. The van der Waals surface area contributed by atoms with Gasteiger partial charge in [-0.25, -0.2) is 0 Å². The molecule has 0 fully saturated rings. The highest BCUT2D eigenvalue weighted by atomic mass is 35.5. The number of ether oxygens (including phenoxy) is 2. The van der Waals surface area contributed by atoms with Gasteiger partial charge >= 0.3 is 0 Å². The van der Waals surface area contributed by atoms with Crippen molar-refractivity contribution < 1.29 is 14.3 Å². The van der Waals surface area contributed by atoms with Crippen LogP contribution in [-0.2, 0) is 4.79 Å². The van der Waals surface area contributed by atoms with Crippen molar-refractivity contribution in [1.82, 2.24) is 5.32 Å². The average molecular weight is 345 g/mol. The van der Waals surface area contributed by atoms with Gasteiger partial charge in [0, 0.05) is 13.0 Å². The number of hydrogen-bond donors (Lipinski definition) is 2. The monoisotopic (exact) mass is 344 g/mol. The third-order valence-corrected chi connectivity index (χ3v) is 3.39. The Balaban J connectivity index is 0.00000484. The number of nitrogens with two attached hydrogens (primary N) is 1. The Morgan fingerprint density at radius 2 is 1.96 bits per heavy atom. The maximum atomic E-state index is 11.6. The molecule has 1 atom stereocenters. The van der Waals surface area contributed by atoms with Crippen LogP contribution in [0.25, 0.3) is 0 Å². The van der Waals surface area contributed by atoms with Gasteiger partial charge in [-0.2, -0.15) is 0 Å². The largest absolute Gasteiger partial charge is 0.493 e. The van der Waals surface area contributed by atoms with E-state index in [0.717, 1.165) is 17.7 Å². The van der Waals surface area contributed by atoms with Gasteiger partial charge in [-0.1, -0.05) is 19.9 Å². The van der Waals surface area contributed by atoms with Crippen LogP contribution in [0.2, 0.25) is 0 Å². The van der Waals surface area contributed by atoms with Gasteiger partial charge in [-0.05, 0) is 37.0 Å². The summed E-state index contributed by atoms with van der Waals surface area (Å²) in [5.41, 5.74) is 6.35. The lowest BCUT2D eigenvalue weighted by atomic mass is 10.1. The predicted molar refractivity (Wildman–Crippen MR) is 95.4 cm³/mol. The minimum atomic E-state index is -0.0994. The summed E-state index contributed by atoms with van der Waals surface area (Å²) >= 11 is 0. The normalized spacial score (nSPS) is 11.6. The number of hydrogen-bond acceptors (Lipinski definition) is 4. The van der Waals surface area contributed by atoms with Gasteiger partial charge < -0.3 is 20.5 Å². The highest BCUT2D eigenvalue weighted by Gasteiger charge is 2.12. The number of halogens is 1. The molecule has 1 aromatic rings. The fourth-order valence-corrected chi connectivity index (χ4v) is 2.01. The predicted octanol–water partition coefficient (Wildman–Crippen LogP) is 3.07. The van der Waals surface area contributed by atoms with Gasteiger partial charge in [-0.15, -0.1) is 12.4 Å². The third-order valence-electron chi connectivity index (χ3n) is 3.39. The van der Waals surface area contributed by atoms with Crippen molar-refractivity contribution in [3.63, 3.8) is 0 Å². The summed E-state index contributed by atoms with van der Waals surface area (Å²) in [5.74, 6) is 1.96. The molecule has 0 spiro atoms. The van der Waals surface area contributed by atoms with Crippen LogP contribution in [-0.4, -0.2) is 26.2 Å². The van der Waals surface area contributed by atoms with E-state index in [4.69, 9.17) is 15.2 Å². The molecular weight excluding hydrogens is 316 g/mol. The van der Waals surface area contributed by atoms with Crippen molar-refractivity contribution in [3.8, 4) is 11.5 Å². The lowest BCUT2D eigenvalue weighted by Gasteiger charge is -2.17. The molecule has 0 saturated heterocycles. The molecule has 0 aliphatic rings. The van der Waals surface area contributed by atoms with E-state index < -0.39 is 0 Å². The van der Waals surface area contributed by atoms with Crippen molar-refractivity contribution in [1.29, 1.82) is 0 Å². The lowest BCUT2D eigenvalue weighted by Crippen LogP contribution is -2.28. The van der Waals surface area contributed by atoms with E-state index in [9.17, 15) is 4.79 Å². The number of amides is 1. The fourth-order valence-electron chi connectivity index (χ4n) is 2.01. The molecular formula is C17H29ClN2O3. The first-order valence-electron chi connectivity index (χ1n) is 7.78. The minimum Gasteiger partial charge on any atom is -0.493 e. The molecule has 1 rings (SSSR count). The number of benzene rings is 1. The van der Waals surface area contributed by atoms with Gasteiger partial charge in [-0.3, -0.25) is 4.79 Å². The first-order chi connectivity index (χ1) is 10.5. The molecule has 23 heavy (non-hydrogen) atoms. The van der Waals surface area contributed by atoms with E-state index in [-0.39, 0.29) is 24.4 Å². The molecule has 0 bridgehead atoms. The van der Waals surface area contributed by atoms with Crippen LogP contribution in [0.4, 0.5) is 0 Å². The second-order valence-electron chi connectivity index (χ2n) is 5.77. The molecule has 1 aromatic carbocycles. The van der Waals surface area contributed by atoms with E-state index in [2.05, 4.69) is 19.2 Å². The minimum absolute atomic E-state index is 0.